The van der Waals surface area contributed by atoms with Crippen molar-refractivity contribution in [1.29, 1.82) is 0 Å². The maximum Gasteiger partial charge on any atom is 0.179 e. The molecule has 0 unspecified atom stereocenters. The average molecular weight is 320 g/mol. The summed E-state index contributed by atoms with van der Waals surface area (Å²) in [5.41, 5.74) is 0. The Morgan fingerprint density at radius 1 is 1.53 bits per heavy atom. The number of pyridine rings is 1. The lowest BCUT2D eigenvalue weighted by Crippen LogP contribution is -2.25. The van der Waals surface area contributed by atoms with Gasteiger partial charge in [0.25, 0.3) is 0 Å². The van der Waals surface area contributed by atoms with Gasteiger partial charge in [0.15, 0.2) is 15.6 Å². The maximum absolute atomic E-state index is 11.7. The Balaban J connectivity index is 2.28. The van der Waals surface area contributed by atoms with Gasteiger partial charge >= 0.3 is 0 Å². The molecule has 0 aromatic carbocycles. The summed E-state index contributed by atoms with van der Waals surface area (Å²) in [6, 6.07) is 1.55. The SMILES string of the molecule is CCS(=O)(=O)c1cnc(Br)c(OC2CCC2)c1. The molecule has 94 valence electrons. The van der Waals surface area contributed by atoms with Crippen LogP contribution in [0.15, 0.2) is 21.8 Å². The summed E-state index contributed by atoms with van der Waals surface area (Å²) in [7, 11) is -3.23. The Morgan fingerprint density at radius 3 is 2.76 bits per heavy atom. The van der Waals surface area contributed by atoms with Gasteiger partial charge in [0.05, 0.1) is 16.8 Å². The average Bonchev–Trinajstić information content (AvgIpc) is 2.25. The first kappa shape index (κ1) is 12.8. The van der Waals surface area contributed by atoms with E-state index in [9.17, 15) is 8.42 Å². The molecule has 0 radical (unpaired) electrons. The van der Waals surface area contributed by atoms with Crippen LogP contribution in [0.1, 0.15) is 26.2 Å². The zero-order valence-electron chi connectivity index (χ0n) is 9.52. The van der Waals surface area contributed by atoms with E-state index in [4.69, 9.17) is 4.74 Å². The van der Waals surface area contributed by atoms with E-state index >= 15 is 0 Å². The van der Waals surface area contributed by atoms with Crippen LogP contribution in [-0.2, 0) is 9.84 Å². The molecule has 6 heteroatoms. The largest absolute Gasteiger partial charge is 0.488 e. The topological polar surface area (TPSA) is 56.3 Å². The Labute approximate surface area is 109 Å². The van der Waals surface area contributed by atoms with Crippen LogP contribution in [0.5, 0.6) is 5.75 Å². The van der Waals surface area contributed by atoms with E-state index in [1.807, 2.05) is 0 Å². The molecule has 0 bridgehead atoms. The van der Waals surface area contributed by atoms with Crippen molar-refractivity contribution >= 4 is 25.8 Å². The minimum Gasteiger partial charge on any atom is -0.488 e. The van der Waals surface area contributed by atoms with Gasteiger partial charge < -0.3 is 4.74 Å². The van der Waals surface area contributed by atoms with Crippen molar-refractivity contribution in [2.75, 3.05) is 5.75 Å². The van der Waals surface area contributed by atoms with E-state index < -0.39 is 9.84 Å². The van der Waals surface area contributed by atoms with Gasteiger partial charge in [-0.1, -0.05) is 6.92 Å². The summed E-state index contributed by atoms with van der Waals surface area (Å²) in [6.45, 7) is 1.61. The van der Waals surface area contributed by atoms with Crippen LogP contribution in [0.4, 0.5) is 0 Å². The molecule has 0 saturated heterocycles. The van der Waals surface area contributed by atoms with Crippen LogP contribution in [0.2, 0.25) is 0 Å². The first-order chi connectivity index (χ1) is 8.03. The molecular weight excluding hydrogens is 306 g/mol. The minimum absolute atomic E-state index is 0.0686. The number of sulfone groups is 1. The number of halogens is 1. The minimum atomic E-state index is -3.23. The molecular formula is C11H14BrNO3S. The summed E-state index contributed by atoms with van der Waals surface area (Å²) in [4.78, 5) is 4.24. The molecule has 1 aromatic rings. The number of hydrogen-bond donors (Lipinski definition) is 0. The number of nitrogens with zero attached hydrogens (tertiary/aromatic N) is 1. The highest BCUT2D eigenvalue weighted by Crippen LogP contribution is 2.31. The highest BCUT2D eigenvalue weighted by Gasteiger charge is 2.22. The molecule has 1 aromatic heterocycles. The molecule has 1 aliphatic carbocycles. The second kappa shape index (κ2) is 4.94. The Kier molecular flexibility index (Phi) is 3.73. The molecule has 0 amide bonds. The van der Waals surface area contributed by atoms with Crippen molar-refractivity contribution in [3.8, 4) is 5.75 Å². The summed E-state index contributed by atoms with van der Waals surface area (Å²) < 4.78 is 29.7. The van der Waals surface area contributed by atoms with E-state index in [2.05, 4.69) is 20.9 Å². The molecule has 1 fully saturated rings. The molecule has 17 heavy (non-hydrogen) atoms. The molecule has 0 aliphatic heterocycles. The summed E-state index contributed by atoms with van der Waals surface area (Å²) >= 11 is 3.27. The summed E-state index contributed by atoms with van der Waals surface area (Å²) in [5, 5.41) is 0. The van der Waals surface area contributed by atoms with Gasteiger partial charge in [-0.25, -0.2) is 13.4 Å². The normalized spacial score (nSPS) is 16.6. The first-order valence-electron chi connectivity index (χ1n) is 5.58. The Morgan fingerprint density at radius 2 is 2.24 bits per heavy atom. The number of aromatic nitrogens is 1. The lowest BCUT2D eigenvalue weighted by Gasteiger charge is -2.26. The molecule has 0 atom stereocenters. The van der Waals surface area contributed by atoms with Gasteiger partial charge in [0.2, 0.25) is 0 Å². The van der Waals surface area contributed by atoms with Crippen molar-refractivity contribution < 1.29 is 13.2 Å². The number of rotatable bonds is 4. The smallest absolute Gasteiger partial charge is 0.179 e. The van der Waals surface area contributed by atoms with Crippen molar-refractivity contribution in [3.63, 3.8) is 0 Å². The molecule has 1 aliphatic rings. The fraction of sp³-hybridized carbons (Fsp3) is 0.545. The third-order valence-corrected chi connectivity index (χ3v) is 5.16. The van der Waals surface area contributed by atoms with Crippen LogP contribution in [0.3, 0.4) is 0 Å². The second-order valence-corrected chi connectivity index (χ2v) is 7.06. The van der Waals surface area contributed by atoms with E-state index in [0.717, 1.165) is 12.8 Å². The predicted octanol–water partition coefficient (Wildman–Crippen LogP) is 2.57. The summed E-state index contributed by atoms with van der Waals surface area (Å²) in [5.74, 6) is 0.586. The van der Waals surface area contributed by atoms with E-state index in [-0.39, 0.29) is 16.8 Å². The standard InChI is InChI=1S/C11H14BrNO3S/c1-2-17(14,15)9-6-10(11(12)13-7-9)16-8-4-3-5-8/h6-8H,2-5H2,1H3. The lowest BCUT2D eigenvalue weighted by atomic mass is 9.96. The first-order valence-corrected chi connectivity index (χ1v) is 8.02. The van der Waals surface area contributed by atoms with Gasteiger partial charge in [-0.15, -0.1) is 0 Å². The highest BCUT2D eigenvalue weighted by molar-refractivity contribution is 9.10. The molecule has 1 heterocycles. The lowest BCUT2D eigenvalue weighted by molar-refractivity contribution is 0.118. The zero-order valence-corrected chi connectivity index (χ0v) is 11.9. The van der Waals surface area contributed by atoms with Crippen molar-refractivity contribution in [3.05, 3.63) is 16.9 Å². The highest BCUT2D eigenvalue weighted by atomic mass is 79.9. The molecule has 2 rings (SSSR count). The van der Waals surface area contributed by atoms with Gasteiger partial charge in [0, 0.05) is 12.3 Å². The van der Waals surface area contributed by atoms with Crippen molar-refractivity contribution in [1.82, 2.24) is 4.98 Å². The fourth-order valence-corrected chi connectivity index (χ4v) is 2.64. The molecule has 0 N–H and O–H groups in total. The van der Waals surface area contributed by atoms with Crippen molar-refractivity contribution in [2.45, 2.75) is 37.2 Å². The monoisotopic (exact) mass is 319 g/mol. The summed E-state index contributed by atoms with van der Waals surface area (Å²) in [6.07, 6.45) is 4.78. The number of hydrogen-bond acceptors (Lipinski definition) is 4. The maximum atomic E-state index is 11.7. The zero-order chi connectivity index (χ0) is 12.5. The predicted molar refractivity (Wildman–Crippen MR) is 67.9 cm³/mol. The second-order valence-electron chi connectivity index (χ2n) is 4.03. The third kappa shape index (κ3) is 2.80. The van der Waals surface area contributed by atoms with Crippen LogP contribution >= 0.6 is 15.9 Å². The van der Waals surface area contributed by atoms with Crippen molar-refractivity contribution in [2.24, 2.45) is 0 Å². The number of ether oxygens (including phenoxy) is 1. The van der Waals surface area contributed by atoms with Crippen LogP contribution in [-0.4, -0.2) is 25.3 Å². The van der Waals surface area contributed by atoms with E-state index in [1.165, 1.54) is 12.6 Å². The van der Waals surface area contributed by atoms with Crippen LogP contribution in [0, 0.1) is 0 Å². The fourth-order valence-electron chi connectivity index (χ4n) is 1.50. The van der Waals surface area contributed by atoms with Gasteiger partial charge in [-0.3, -0.25) is 0 Å². The van der Waals surface area contributed by atoms with Gasteiger partial charge in [-0.05, 0) is 35.2 Å². The van der Waals surface area contributed by atoms with Crippen LogP contribution < -0.4 is 4.74 Å². The molecule has 4 nitrogen and oxygen atoms in total. The Bertz CT molecular complexity index is 511. The van der Waals surface area contributed by atoms with E-state index in [0.29, 0.717) is 10.4 Å². The molecule has 0 spiro atoms. The van der Waals surface area contributed by atoms with E-state index in [1.54, 1.807) is 13.0 Å². The molecule has 1 saturated carbocycles. The quantitative estimate of drug-likeness (QED) is 0.800. The van der Waals surface area contributed by atoms with Gasteiger partial charge in [-0.2, -0.15) is 0 Å². The Hall–Kier alpha value is -0.620. The van der Waals surface area contributed by atoms with Gasteiger partial charge in [0.1, 0.15) is 4.60 Å². The van der Waals surface area contributed by atoms with Crippen LogP contribution in [0.25, 0.3) is 0 Å². The third-order valence-electron chi connectivity index (χ3n) is 2.87.